The number of hydrogen-bond acceptors (Lipinski definition) is 5. The molecule has 5 nitrogen and oxygen atoms in total. The summed E-state index contributed by atoms with van der Waals surface area (Å²) in [6, 6.07) is 3.75. The van der Waals surface area contributed by atoms with Crippen LogP contribution in [0.3, 0.4) is 0 Å². The molecule has 8 heteroatoms. The fraction of sp³-hybridized carbons (Fsp3) is 0.308. The predicted octanol–water partition coefficient (Wildman–Crippen LogP) is 2.37. The Morgan fingerprint density at radius 1 is 1.43 bits per heavy atom. The van der Waals surface area contributed by atoms with E-state index in [9.17, 15) is 22.8 Å². The van der Waals surface area contributed by atoms with Gasteiger partial charge in [0.05, 0.1) is 24.2 Å². The van der Waals surface area contributed by atoms with Crippen molar-refractivity contribution >= 4 is 12.3 Å². The van der Waals surface area contributed by atoms with Gasteiger partial charge in [0.1, 0.15) is 6.07 Å². The number of rotatable bonds is 5. The Morgan fingerprint density at radius 2 is 2.10 bits per heavy atom. The molecule has 0 heterocycles. The summed E-state index contributed by atoms with van der Waals surface area (Å²) in [6.45, 7) is 1.66. The van der Waals surface area contributed by atoms with Gasteiger partial charge in [-0.25, -0.2) is 0 Å². The van der Waals surface area contributed by atoms with E-state index in [4.69, 9.17) is 5.26 Å². The number of carbonyl (C=O) groups is 2. The van der Waals surface area contributed by atoms with E-state index in [0.717, 1.165) is 6.07 Å². The molecule has 0 fully saturated rings. The molecular formula is C13H10F3NO4. The topological polar surface area (TPSA) is 76.4 Å². The second-order valence-corrected chi connectivity index (χ2v) is 3.77. The van der Waals surface area contributed by atoms with E-state index in [1.165, 1.54) is 12.1 Å². The van der Waals surface area contributed by atoms with Gasteiger partial charge in [0.15, 0.2) is 12.0 Å². The van der Waals surface area contributed by atoms with Crippen molar-refractivity contribution < 1.29 is 32.2 Å². The lowest BCUT2D eigenvalue weighted by molar-refractivity contribution is -0.274. The molecule has 0 radical (unpaired) electrons. The van der Waals surface area contributed by atoms with Gasteiger partial charge in [0.25, 0.3) is 0 Å². The number of alkyl halides is 3. The molecule has 0 saturated carbocycles. The lowest BCUT2D eigenvalue weighted by Gasteiger charge is -2.14. The lowest BCUT2D eigenvalue weighted by Crippen LogP contribution is -2.20. The largest absolute Gasteiger partial charge is 0.573 e. The summed E-state index contributed by atoms with van der Waals surface area (Å²) in [5.41, 5.74) is -0.969. The summed E-state index contributed by atoms with van der Waals surface area (Å²) < 4.78 is 45.4. The maximum atomic E-state index is 12.3. The van der Waals surface area contributed by atoms with E-state index in [0.29, 0.717) is 0 Å². The van der Waals surface area contributed by atoms with Crippen molar-refractivity contribution in [2.24, 2.45) is 0 Å². The van der Waals surface area contributed by atoms with Crippen molar-refractivity contribution in [2.45, 2.75) is 19.7 Å². The molecule has 0 aromatic heterocycles. The highest BCUT2D eigenvalue weighted by Crippen LogP contribution is 2.31. The highest BCUT2D eigenvalue weighted by molar-refractivity contribution is 5.86. The Hall–Kier alpha value is -2.56. The van der Waals surface area contributed by atoms with Crippen LogP contribution in [0.25, 0.3) is 0 Å². The number of carbonyl (C=O) groups excluding carboxylic acids is 2. The molecule has 0 bridgehead atoms. The van der Waals surface area contributed by atoms with Crippen LogP contribution in [0.4, 0.5) is 13.2 Å². The Kier molecular flexibility index (Phi) is 5.30. The van der Waals surface area contributed by atoms with Gasteiger partial charge in [-0.2, -0.15) is 5.26 Å². The van der Waals surface area contributed by atoms with E-state index in [1.807, 2.05) is 0 Å². The molecule has 1 aromatic rings. The Morgan fingerprint density at radius 3 is 2.57 bits per heavy atom. The van der Waals surface area contributed by atoms with Crippen molar-refractivity contribution in [3.8, 4) is 11.8 Å². The molecular weight excluding hydrogens is 291 g/mol. The number of nitriles is 1. The third-order valence-corrected chi connectivity index (χ3v) is 2.38. The molecule has 0 atom stereocenters. The van der Waals surface area contributed by atoms with Crippen LogP contribution in [0.15, 0.2) is 12.1 Å². The summed E-state index contributed by atoms with van der Waals surface area (Å²) in [7, 11) is 0. The predicted molar refractivity (Wildman–Crippen MR) is 63.6 cm³/mol. The van der Waals surface area contributed by atoms with Gasteiger partial charge in [-0.05, 0) is 18.6 Å². The smallest absolute Gasteiger partial charge is 0.466 e. The van der Waals surface area contributed by atoms with Crippen molar-refractivity contribution in [2.75, 3.05) is 6.61 Å². The van der Waals surface area contributed by atoms with Gasteiger partial charge in [-0.1, -0.05) is 6.07 Å². The minimum atomic E-state index is -5.06. The minimum absolute atomic E-state index is 0.0123. The lowest BCUT2D eigenvalue weighted by atomic mass is 10.0. The number of ether oxygens (including phenoxy) is 2. The molecule has 0 spiro atoms. The summed E-state index contributed by atoms with van der Waals surface area (Å²) in [6.07, 6.45) is -5.36. The van der Waals surface area contributed by atoms with Gasteiger partial charge in [0, 0.05) is 0 Å². The quantitative estimate of drug-likeness (QED) is 0.616. The van der Waals surface area contributed by atoms with Crippen molar-refractivity contribution in [3.63, 3.8) is 0 Å². The summed E-state index contributed by atoms with van der Waals surface area (Å²) in [5, 5.41) is 8.79. The number of nitrogens with zero attached hydrogens (tertiary/aromatic N) is 1. The maximum absolute atomic E-state index is 12.3. The normalized spacial score (nSPS) is 10.6. The first-order chi connectivity index (χ1) is 9.82. The Balaban J connectivity index is 3.29. The standard InChI is InChI=1S/C13H10F3NO4/c1-2-20-11(19)5-8-3-4-9(6-17)12(10(8)7-18)21-13(14,15)16/h3-4,7H,2,5H2,1H3. The highest BCUT2D eigenvalue weighted by Gasteiger charge is 2.34. The fourth-order valence-corrected chi connectivity index (χ4v) is 1.60. The fourth-order valence-electron chi connectivity index (χ4n) is 1.60. The van der Waals surface area contributed by atoms with Gasteiger partial charge < -0.3 is 9.47 Å². The number of aldehydes is 1. The number of halogens is 3. The Labute approximate surface area is 117 Å². The average molecular weight is 301 g/mol. The molecule has 0 aliphatic carbocycles. The van der Waals surface area contributed by atoms with Crippen LogP contribution in [0, 0.1) is 11.3 Å². The minimum Gasteiger partial charge on any atom is -0.466 e. The molecule has 112 valence electrons. The van der Waals surface area contributed by atoms with Crippen LogP contribution in [0.2, 0.25) is 0 Å². The third-order valence-electron chi connectivity index (χ3n) is 2.38. The SMILES string of the molecule is CCOC(=O)Cc1ccc(C#N)c(OC(F)(F)F)c1C=O. The van der Waals surface area contributed by atoms with Gasteiger partial charge in [0.2, 0.25) is 0 Å². The molecule has 0 aliphatic rings. The number of benzene rings is 1. The van der Waals surface area contributed by atoms with E-state index >= 15 is 0 Å². The van der Waals surface area contributed by atoms with E-state index in [-0.39, 0.29) is 18.5 Å². The van der Waals surface area contributed by atoms with Crippen LogP contribution in [-0.2, 0) is 16.0 Å². The molecule has 0 N–H and O–H groups in total. The van der Waals surface area contributed by atoms with Gasteiger partial charge in [-0.3, -0.25) is 9.59 Å². The zero-order chi connectivity index (χ0) is 16.0. The second-order valence-electron chi connectivity index (χ2n) is 3.77. The average Bonchev–Trinajstić information content (AvgIpc) is 2.37. The van der Waals surface area contributed by atoms with Crippen molar-refractivity contribution in [1.82, 2.24) is 0 Å². The second kappa shape index (κ2) is 6.74. The molecule has 1 rings (SSSR count). The summed E-state index contributed by atoms with van der Waals surface area (Å²) in [4.78, 5) is 22.4. The summed E-state index contributed by atoms with van der Waals surface area (Å²) in [5.74, 6) is -1.62. The molecule has 0 aliphatic heterocycles. The molecule has 21 heavy (non-hydrogen) atoms. The third kappa shape index (κ3) is 4.49. The summed E-state index contributed by atoms with van der Waals surface area (Å²) >= 11 is 0. The first-order valence-corrected chi connectivity index (χ1v) is 5.74. The zero-order valence-electron chi connectivity index (χ0n) is 10.9. The maximum Gasteiger partial charge on any atom is 0.573 e. The molecule has 0 saturated heterocycles. The monoisotopic (exact) mass is 301 g/mol. The molecule has 1 aromatic carbocycles. The van der Waals surface area contributed by atoms with Gasteiger partial charge in [-0.15, -0.1) is 13.2 Å². The molecule has 0 unspecified atom stereocenters. The van der Waals surface area contributed by atoms with E-state index in [2.05, 4.69) is 9.47 Å². The first-order valence-electron chi connectivity index (χ1n) is 5.74. The van der Waals surface area contributed by atoms with Gasteiger partial charge >= 0.3 is 12.3 Å². The van der Waals surface area contributed by atoms with E-state index in [1.54, 1.807) is 6.92 Å². The highest BCUT2D eigenvalue weighted by atomic mass is 19.4. The van der Waals surface area contributed by atoms with Crippen molar-refractivity contribution in [1.29, 1.82) is 5.26 Å². The van der Waals surface area contributed by atoms with Crippen molar-refractivity contribution in [3.05, 3.63) is 28.8 Å². The van der Waals surface area contributed by atoms with Crippen LogP contribution in [0.5, 0.6) is 5.75 Å². The first kappa shape index (κ1) is 16.5. The van der Waals surface area contributed by atoms with Crippen LogP contribution < -0.4 is 4.74 Å². The number of esters is 1. The van der Waals surface area contributed by atoms with E-state index < -0.39 is 35.6 Å². The zero-order valence-corrected chi connectivity index (χ0v) is 10.9. The van der Waals surface area contributed by atoms with Crippen LogP contribution >= 0.6 is 0 Å². The van der Waals surface area contributed by atoms with Crippen LogP contribution in [0.1, 0.15) is 28.4 Å². The molecule has 0 amide bonds. The Bertz CT molecular complexity index is 590. The number of hydrogen-bond donors (Lipinski definition) is 0. The van der Waals surface area contributed by atoms with Crippen LogP contribution in [-0.4, -0.2) is 25.2 Å².